The summed E-state index contributed by atoms with van der Waals surface area (Å²) >= 11 is 5.93. The molecule has 1 unspecified atom stereocenters. The molecule has 0 radical (unpaired) electrons. The van der Waals surface area contributed by atoms with Crippen LogP contribution in [0.4, 0.5) is 0 Å². The molecule has 1 amide bonds. The van der Waals surface area contributed by atoms with Gasteiger partial charge in [-0.05, 0) is 49.7 Å². The largest absolute Gasteiger partial charge is 0.335 e. The highest BCUT2D eigenvalue weighted by molar-refractivity contribution is 6.30. The monoisotopic (exact) mass is 342 g/mol. The summed E-state index contributed by atoms with van der Waals surface area (Å²) in [6.07, 6.45) is 0. The Balaban J connectivity index is 1.86. The van der Waals surface area contributed by atoms with Crippen molar-refractivity contribution in [2.24, 2.45) is 0 Å². The van der Waals surface area contributed by atoms with Gasteiger partial charge in [0.15, 0.2) is 0 Å². The van der Waals surface area contributed by atoms with E-state index in [4.69, 9.17) is 11.6 Å². The van der Waals surface area contributed by atoms with Crippen LogP contribution in [0.5, 0.6) is 0 Å². The summed E-state index contributed by atoms with van der Waals surface area (Å²) in [5.74, 6) is -0.0506. The minimum atomic E-state index is -0.0585. The summed E-state index contributed by atoms with van der Waals surface area (Å²) in [5.41, 5.74) is 3.31. The van der Waals surface area contributed by atoms with Crippen molar-refractivity contribution in [2.75, 3.05) is 7.05 Å². The Morgan fingerprint density at radius 3 is 2.62 bits per heavy atom. The van der Waals surface area contributed by atoms with Crippen LogP contribution >= 0.6 is 11.6 Å². The van der Waals surface area contributed by atoms with Gasteiger partial charge in [0.05, 0.1) is 11.6 Å². The van der Waals surface area contributed by atoms with Gasteiger partial charge in [0.2, 0.25) is 0 Å². The number of nitrogens with zero attached hydrogens (tertiary/aromatic N) is 4. The molecule has 124 valence electrons. The molecule has 0 aliphatic rings. The Labute approximate surface area is 145 Å². The molecule has 5 nitrogen and oxygen atoms in total. The molecule has 6 heteroatoms. The molecule has 2 aromatic carbocycles. The van der Waals surface area contributed by atoms with Crippen LogP contribution in [0, 0.1) is 0 Å². The van der Waals surface area contributed by atoms with E-state index in [-0.39, 0.29) is 11.9 Å². The lowest BCUT2D eigenvalue weighted by Crippen LogP contribution is -2.29. The van der Waals surface area contributed by atoms with Crippen molar-refractivity contribution in [1.29, 1.82) is 0 Å². The molecule has 1 heterocycles. The van der Waals surface area contributed by atoms with Crippen molar-refractivity contribution >= 4 is 28.5 Å². The van der Waals surface area contributed by atoms with Gasteiger partial charge in [-0.3, -0.25) is 4.79 Å². The first kappa shape index (κ1) is 16.5. The maximum absolute atomic E-state index is 12.8. The molecule has 0 spiro atoms. The second kappa shape index (κ2) is 6.61. The Kier molecular flexibility index (Phi) is 4.53. The maximum Gasteiger partial charge on any atom is 0.254 e. The molecular formula is C18H19ClN4O. The molecule has 3 aromatic rings. The molecule has 1 atom stereocenters. The van der Waals surface area contributed by atoms with Gasteiger partial charge in [-0.25, -0.2) is 4.68 Å². The minimum Gasteiger partial charge on any atom is -0.335 e. The first-order valence-electron chi connectivity index (χ1n) is 7.87. The first-order valence-corrected chi connectivity index (χ1v) is 8.25. The zero-order valence-corrected chi connectivity index (χ0v) is 14.7. The van der Waals surface area contributed by atoms with Gasteiger partial charge in [-0.1, -0.05) is 28.9 Å². The topological polar surface area (TPSA) is 51.0 Å². The van der Waals surface area contributed by atoms with Crippen molar-refractivity contribution in [3.05, 3.63) is 58.6 Å². The summed E-state index contributed by atoms with van der Waals surface area (Å²) in [5, 5.41) is 8.90. The summed E-state index contributed by atoms with van der Waals surface area (Å²) in [6.45, 7) is 4.75. The molecule has 0 N–H and O–H groups in total. The van der Waals surface area contributed by atoms with Gasteiger partial charge in [-0.15, -0.1) is 5.10 Å². The van der Waals surface area contributed by atoms with Crippen LogP contribution in [0.1, 0.15) is 35.8 Å². The highest BCUT2D eigenvalue weighted by Crippen LogP contribution is 2.23. The Hall–Kier alpha value is -2.40. The van der Waals surface area contributed by atoms with Crippen LogP contribution in [-0.2, 0) is 6.54 Å². The zero-order valence-electron chi connectivity index (χ0n) is 13.9. The van der Waals surface area contributed by atoms with E-state index in [1.165, 1.54) is 0 Å². The molecule has 0 bridgehead atoms. The van der Waals surface area contributed by atoms with Gasteiger partial charge in [0.1, 0.15) is 5.52 Å². The van der Waals surface area contributed by atoms with E-state index in [2.05, 4.69) is 10.3 Å². The third-order valence-electron chi connectivity index (χ3n) is 4.31. The predicted molar refractivity (Wildman–Crippen MR) is 95.2 cm³/mol. The van der Waals surface area contributed by atoms with Crippen molar-refractivity contribution in [1.82, 2.24) is 19.9 Å². The number of carbonyl (C=O) groups is 1. The van der Waals surface area contributed by atoms with Crippen LogP contribution in [0.25, 0.3) is 11.0 Å². The average Bonchev–Trinajstić information content (AvgIpc) is 3.02. The molecule has 24 heavy (non-hydrogen) atoms. The van der Waals surface area contributed by atoms with Crippen LogP contribution < -0.4 is 0 Å². The Morgan fingerprint density at radius 2 is 1.96 bits per heavy atom. The second-order valence-electron chi connectivity index (χ2n) is 5.75. The molecule has 0 aliphatic heterocycles. The lowest BCUT2D eigenvalue weighted by Gasteiger charge is -2.25. The van der Waals surface area contributed by atoms with Crippen molar-refractivity contribution in [2.45, 2.75) is 26.4 Å². The molecular weight excluding hydrogens is 324 g/mol. The third-order valence-corrected chi connectivity index (χ3v) is 4.57. The molecule has 0 saturated heterocycles. The average molecular weight is 343 g/mol. The zero-order chi connectivity index (χ0) is 17.3. The maximum atomic E-state index is 12.8. The number of rotatable bonds is 4. The number of benzene rings is 2. The Morgan fingerprint density at radius 1 is 1.25 bits per heavy atom. The van der Waals surface area contributed by atoms with Crippen LogP contribution in [0.3, 0.4) is 0 Å². The predicted octanol–water partition coefficient (Wildman–Crippen LogP) is 3.94. The van der Waals surface area contributed by atoms with Gasteiger partial charge >= 0.3 is 0 Å². The fourth-order valence-corrected chi connectivity index (χ4v) is 2.81. The van der Waals surface area contributed by atoms with E-state index < -0.39 is 0 Å². The van der Waals surface area contributed by atoms with Crippen molar-refractivity contribution in [3.8, 4) is 0 Å². The molecule has 1 aromatic heterocycles. The summed E-state index contributed by atoms with van der Waals surface area (Å²) in [7, 11) is 1.80. The van der Waals surface area contributed by atoms with E-state index in [0.29, 0.717) is 10.6 Å². The number of hydrogen-bond donors (Lipinski definition) is 0. The highest BCUT2D eigenvalue weighted by atomic mass is 35.5. The lowest BCUT2D eigenvalue weighted by atomic mass is 10.1. The summed E-state index contributed by atoms with van der Waals surface area (Å²) in [4.78, 5) is 14.5. The Bertz CT molecular complexity index is 872. The number of amides is 1. The number of hydrogen-bond acceptors (Lipinski definition) is 3. The van der Waals surface area contributed by atoms with Gasteiger partial charge in [-0.2, -0.15) is 0 Å². The summed E-state index contributed by atoms with van der Waals surface area (Å²) in [6, 6.07) is 13.0. The van der Waals surface area contributed by atoms with E-state index in [1.807, 2.05) is 54.9 Å². The van der Waals surface area contributed by atoms with Gasteiger partial charge in [0.25, 0.3) is 5.91 Å². The lowest BCUT2D eigenvalue weighted by molar-refractivity contribution is 0.0743. The normalized spacial score (nSPS) is 12.3. The van der Waals surface area contributed by atoms with Crippen molar-refractivity contribution in [3.63, 3.8) is 0 Å². The number of carbonyl (C=O) groups excluding carboxylic acids is 1. The number of aromatic nitrogens is 3. The van der Waals surface area contributed by atoms with Crippen LogP contribution in [-0.4, -0.2) is 32.8 Å². The van der Waals surface area contributed by atoms with Crippen LogP contribution in [0.15, 0.2) is 42.5 Å². The highest BCUT2D eigenvalue weighted by Gasteiger charge is 2.19. The smallest absolute Gasteiger partial charge is 0.254 e. The minimum absolute atomic E-state index is 0.0506. The first-order chi connectivity index (χ1) is 11.5. The van der Waals surface area contributed by atoms with E-state index in [9.17, 15) is 4.79 Å². The summed E-state index contributed by atoms with van der Waals surface area (Å²) < 4.78 is 1.81. The van der Waals surface area contributed by atoms with E-state index in [1.54, 1.807) is 18.0 Å². The quantitative estimate of drug-likeness (QED) is 0.721. The number of halogens is 1. The van der Waals surface area contributed by atoms with Crippen molar-refractivity contribution < 1.29 is 4.79 Å². The SMILES string of the molecule is CCn1nnc2cc(C(=O)N(C)C(C)c3ccc(Cl)cc3)ccc21. The third kappa shape index (κ3) is 2.99. The molecule has 3 rings (SSSR count). The molecule has 0 fully saturated rings. The standard InChI is InChI=1S/C18H19ClN4O/c1-4-23-17-10-7-14(11-16(17)20-21-23)18(24)22(3)12(2)13-5-8-15(19)9-6-13/h5-12H,4H2,1-3H3. The van der Waals surface area contributed by atoms with Crippen LogP contribution in [0.2, 0.25) is 5.02 Å². The molecule has 0 aliphatic carbocycles. The fraction of sp³-hybridized carbons (Fsp3) is 0.278. The van der Waals surface area contributed by atoms with Gasteiger partial charge < -0.3 is 4.90 Å². The number of fused-ring (bicyclic) bond motifs is 1. The van der Waals surface area contributed by atoms with Gasteiger partial charge in [0, 0.05) is 24.2 Å². The second-order valence-corrected chi connectivity index (χ2v) is 6.19. The fourth-order valence-electron chi connectivity index (χ4n) is 2.68. The molecule has 0 saturated carbocycles. The van der Waals surface area contributed by atoms with E-state index in [0.717, 1.165) is 23.1 Å². The van der Waals surface area contributed by atoms with E-state index >= 15 is 0 Å². The number of aryl methyl sites for hydroxylation is 1.